The van der Waals surface area contributed by atoms with Crippen molar-refractivity contribution in [1.29, 1.82) is 0 Å². The molecule has 0 aliphatic rings. The van der Waals surface area contributed by atoms with Gasteiger partial charge in [-0.1, -0.05) is 0 Å². The first kappa shape index (κ1) is 12.8. The highest BCUT2D eigenvalue weighted by Gasteiger charge is 2.08. The third-order valence-electron chi connectivity index (χ3n) is 2.35. The van der Waals surface area contributed by atoms with E-state index < -0.39 is 5.97 Å². The van der Waals surface area contributed by atoms with E-state index in [1.165, 1.54) is 6.20 Å². The molecule has 19 heavy (non-hydrogen) atoms. The number of nitrogen functional groups attached to an aromatic ring is 1. The molecule has 2 aromatic rings. The van der Waals surface area contributed by atoms with Gasteiger partial charge in [-0.2, -0.15) is 0 Å². The maximum absolute atomic E-state index is 11.4. The van der Waals surface area contributed by atoms with Gasteiger partial charge in [-0.25, -0.2) is 14.8 Å². The molecule has 3 N–H and O–H groups in total. The van der Waals surface area contributed by atoms with E-state index in [2.05, 4.69) is 15.3 Å². The number of carbonyl (C=O) groups excluding carboxylic acids is 1. The Morgan fingerprint density at radius 2 is 2.21 bits per heavy atom. The molecular formula is C13H14N4O2. The Hall–Kier alpha value is -2.63. The second kappa shape index (κ2) is 5.81. The summed E-state index contributed by atoms with van der Waals surface area (Å²) >= 11 is 0. The van der Waals surface area contributed by atoms with Gasteiger partial charge >= 0.3 is 5.97 Å². The third-order valence-corrected chi connectivity index (χ3v) is 2.35. The van der Waals surface area contributed by atoms with E-state index in [9.17, 15) is 4.79 Å². The number of anilines is 3. The lowest BCUT2D eigenvalue weighted by molar-refractivity contribution is 0.0519. The SMILES string of the molecule is CCOC(=O)c1ccc(Nc2ncccc2N)cn1. The van der Waals surface area contributed by atoms with Crippen LogP contribution >= 0.6 is 0 Å². The second-order valence-corrected chi connectivity index (χ2v) is 3.72. The number of rotatable bonds is 4. The van der Waals surface area contributed by atoms with Gasteiger partial charge in [0, 0.05) is 6.20 Å². The molecule has 0 spiro atoms. The van der Waals surface area contributed by atoms with Gasteiger partial charge in [0.15, 0.2) is 5.82 Å². The Labute approximate surface area is 110 Å². The van der Waals surface area contributed by atoms with E-state index >= 15 is 0 Å². The Kier molecular flexibility index (Phi) is 3.92. The third kappa shape index (κ3) is 3.19. The Morgan fingerprint density at radius 3 is 2.84 bits per heavy atom. The Bertz CT molecular complexity index is 569. The molecule has 0 bridgehead atoms. The zero-order chi connectivity index (χ0) is 13.7. The number of hydrogen-bond donors (Lipinski definition) is 2. The van der Waals surface area contributed by atoms with E-state index in [0.717, 1.165) is 0 Å². The van der Waals surface area contributed by atoms with Gasteiger partial charge < -0.3 is 15.8 Å². The summed E-state index contributed by atoms with van der Waals surface area (Å²) in [5.74, 6) is 0.111. The molecule has 0 aliphatic carbocycles. The number of hydrogen-bond acceptors (Lipinski definition) is 6. The van der Waals surface area contributed by atoms with Crippen LogP contribution in [-0.2, 0) is 4.74 Å². The first-order chi connectivity index (χ1) is 9.20. The van der Waals surface area contributed by atoms with E-state index in [1.54, 1.807) is 37.4 Å². The van der Waals surface area contributed by atoms with Crippen LogP contribution in [0.2, 0.25) is 0 Å². The summed E-state index contributed by atoms with van der Waals surface area (Å²) < 4.78 is 4.85. The molecular weight excluding hydrogens is 244 g/mol. The predicted octanol–water partition coefficient (Wildman–Crippen LogP) is 1.98. The lowest BCUT2D eigenvalue weighted by Gasteiger charge is -2.07. The lowest BCUT2D eigenvalue weighted by atomic mass is 10.3. The molecule has 2 heterocycles. The van der Waals surface area contributed by atoms with Crippen LogP contribution in [0.3, 0.4) is 0 Å². The van der Waals surface area contributed by atoms with Crippen molar-refractivity contribution in [2.24, 2.45) is 0 Å². The summed E-state index contributed by atoms with van der Waals surface area (Å²) in [5.41, 5.74) is 7.26. The average molecular weight is 258 g/mol. The van der Waals surface area contributed by atoms with Gasteiger partial charge in [0.25, 0.3) is 0 Å². The molecule has 6 nitrogen and oxygen atoms in total. The van der Waals surface area contributed by atoms with Crippen LogP contribution in [0.25, 0.3) is 0 Å². The number of carbonyl (C=O) groups is 1. The van der Waals surface area contributed by atoms with Gasteiger partial charge in [0.05, 0.1) is 24.2 Å². The average Bonchev–Trinajstić information content (AvgIpc) is 2.42. The number of nitrogens with two attached hydrogens (primary N) is 1. The number of pyridine rings is 2. The fraction of sp³-hybridized carbons (Fsp3) is 0.154. The highest BCUT2D eigenvalue weighted by Crippen LogP contribution is 2.19. The first-order valence-electron chi connectivity index (χ1n) is 5.81. The molecule has 2 aromatic heterocycles. The first-order valence-corrected chi connectivity index (χ1v) is 5.81. The van der Waals surface area contributed by atoms with E-state index in [0.29, 0.717) is 23.8 Å². The molecule has 0 amide bonds. The number of nitrogens with zero attached hydrogens (tertiary/aromatic N) is 2. The van der Waals surface area contributed by atoms with Crippen molar-refractivity contribution in [3.63, 3.8) is 0 Å². The normalized spacial score (nSPS) is 9.95. The molecule has 0 radical (unpaired) electrons. The Morgan fingerprint density at radius 1 is 1.37 bits per heavy atom. The van der Waals surface area contributed by atoms with Gasteiger partial charge in [0.2, 0.25) is 0 Å². The van der Waals surface area contributed by atoms with E-state index in [1.807, 2.05) is 0 Å². The molecule has 0 saturated carbocycles. The summed E-state index contributed by atoms with van der Waals surface area (Å²) in [7, 11) is 0. The van der Waals surface area contributed by atoms with E-state index in [4.69, 9.17) is 10.5 Å². The topological polar surface area (TPSA) is 90.1 Å². The molecule has 0 atom stereocenters. The molecule has 0 fully saturated rings. The molecule has 0 aromatic carbocycles. The van der Waals surface area contributed by atoms with Gasteiger partial charge in [0.1, 0.15) is 5.69 Å². The predicted molar refractivity (Wildman–Crippen MR) is 72.1 cm³/mol. The molecule has 0 aliphatic heterocycles. The van der Waals surface area contributed by atoms with Crippen molar-refractivity contribution in [3.05, 3.63) is 42.4 Å². The van der Waals surface area contributed by atoms with Crippen LogP contribution in [0.15, 0.2) is 36.7 Å². The van der Waals surface area contributed by atoms with Crippen LogP contribution in [0.1, 0.15) is 17.4 Å². The van der Waals surface area contributed by atoms with Crippen LogP contribution in [-0.4, -0.2) is 22.5 Å². The highest BCUT2D eigenvalue weighted by molar-refractivity contribution is 5.87. The molecule has 6 heteroatoms. The summed E-state index contributed by atoms with van der Waals surface area (Å²) in [6.07, 6.45) is 3.17. The van der Waals surface area contributed by atoms with E-state index in [-0.39, 0.29) is 5.69 Å². The van der Waals surface area contributed by atoms with Gasteiger partial charge in [-0.15, -0.1) is 0 Å². The van der Waals surface area contributed by atoms with Crippen molar-refractivity contribution in [1.82, 2.24) is 9.97 Å². The lowest BCUT2D eigenvalue weighted by Crippen LogP contribution is -2.07. The highest BCUT2D eigenvalue weighted by atomic mass is 16.5. The molecule has 0 unspecified atom stereocenters. The minimum absolute atomic E-state index is 0.265. The number of esters is 1. The summed E-state index contributed by atoms with van der Waals surface area (Å²) in [6.45, 7) is 2.07. The summed E-state index contributed by atoms with van der Waals surface area (Å²) in [4.78, 5) is 19.6. The maximum Gasteiger partial charge on any atom is 0.356 e. The Balaban J connectivity index is 2.11. The quantitative estimate of drug-likeness (QED) is 0.815. The van der Waals surface area contributed by atoms with Crippen molar-refractivity contribution >= 4 is 23.2 Å². The molecule has 0 saturated heterocycles. The summed E-state index contributed by atoms with van der Waals surface area (Å²) in [5, 5.41) is 3.02. The minimum atomic E-state index is -0.439. The number of ether oxygens (including phenoxy) is 1. The summed E-state index contributed by atoms with van der Waals surface area (Å²) in [6, 6.07) is 6.80. The smallest absolute Gasteiger partial charge is 0.356 e. The van der Waals surface area contributed by atoms with Crippen molar-refractivity contribution < 1.29 is 9.53 Å². The monoisotopic (exact) mass is 258 g/mol. The van der Waals surface area contributed by atoms with Crippen LogP contribution in [0.5, 0.6) is 0 Å². The van der Waals surface area contributed by atoms with Crippen molar-refractivity contribution in [3.8, 4) is 0 Å². The molecule has 2 rings (SSSR count). The number of nitrogens with one attached hydrogen (secondary N) is 1. The van der Waals surface area contributed by atoms with Gasteiger partial charge in [-0.05, 0) is 31.2 Å². The fourth-order valence-electron chi connectivity index (χ4n) is 1.45. The van der Waals surface area contributed by atoms with Gasteiger partial charge in [-0.3, -0.25) is 0 Å². The standard InChI is InChI=1S/C13H14N4O2/c1-2-19-13(18)11-6-5-9(8-16-11)17-12-10(14)4-3-7-15-12/h3-8H,2,14H2,1H3,(H,15,17). The zero-order valence-corrected chi connectivity index (χ0v) is 10.5. The van der Waals surface area contributed by atoms with Crippen LogP contribution in [0.4, 0.5) is 17.2 Å². The second-order valence-electron chi connectivity index (χ2n) is 3.72. The minimum Gasteiger partial charge on any atom is -0.461 e. The maximum atomic E-state index is 11.4. The largest absolute Gasteiger partial charge is 0.461 e. The van der Waals surface area contributed by atoms with Crippen LogP contribution < -0.4 is 11.1 Å². The van der Waals surface area contributed by atoms with Crippen LogP contribution in [0, 0.1) is 0 Å². The molecule has 98 valence electrons. The fourth-order valence-corrected chi connectivity index (χ4v) is 1.45. The zero-order valence-electron chi connectivity index (χ0n) is 10.5. The van der Waals surface area contributed by atoms with Crippen molar-refractivity contribution in [2.75, 3.05) is 17.7 Å². The number of aromatic nitrogens is 2. The van der Waals surface area contributed by atoms with Crippen molar-refractivity contribution in [2.45, 2.75) is 6.92 Å².